The number of urea groups is 1. The van der Waals surface area contributed by atoms with Crippen LogP contribution in [0.2, 0.25) is 0 Å². The molecule has 0 bridgehead atoms. The summed E-state index contributed by atoms with van der Waals surface area (Å²) in [4.78, 5) is 50.0. The molecule has 1 aliphatic rings. The highest BCUT2D eigenvalue weighted by atomic mass is 32.2. The van der Waals surface area contributed by atoms with Gasteiger partial charge in [-0.2, -0.15) is 11.8 Å². The van der Waals surface area contributed by atoms with Gasteiger partial charge in [-0.1, -0.05) is 17.7 Å². The Balaban J connectivity index is 2.02. The lowest BCUT2D eigenvalue weighted by atomic mass is 10.1. The van der Waals surface area contributed by atoms with Gasteiger partial charge in [-0.05, 0) is 44.4 Å². The quantitative estimate of drug-likeness (QED) is 0.630. The van der Waals surface area contributed by atoms with Crippen LogP contribution >= 0.6 is 11.8 Å². The van der Waals surface area contributed by atoms with E-state index in [0.29, 0.717) is 24.3 Å². The summed E-state index contributed by atoms with van der Waals surface area (Å²) in [7, 11) is 0. The second kappa shape index (κ2) is 10.1. The number of benzene rings is 1. The molecule has 1 heterocycles. The average molecular weight is 407 g/mol. The SMILES string of the molecule is CSCC[C@@H](NC(=O)c1cccc(C)c1)C(=O)O[C@@H](C)C(=O)N1CCNC1=O. The van der Waals surface area contributed by atoms with Crippen LogP contribution in [0.3, 0.4) is 0 Å². The Bertz CT molecular complexity index is 755. The number of thioether (sulfide) groups is 1. The Kier molecular flexibility index (Phi) is 7.86. The zero-order valence-corrected chi connectivity index (χ0v) is 17.0. The molecule has 2 N–H and O–H groups in total. The van der Waals surface area contributed by atoms with E-state index in [1.807, 2.05) is 19.2 Å². The fourth-order valence-electron chi connectivity index (χ4n) is 2.72. The summed E-state index contributed by atoms with van der Waals surface area (Å²) in [6.45, 7) is 3.89. The summed E-state index contributed by atoms with van der Waals surface area (Å²) in [5.41, 5.74) is 1.37. The standard InChI is InChI=1S/C19H25N3O5S/c1-12-5-4-6-14(11-12)16(23)21-15(7-10-28-3)18(25)27-13(2)17(24)22-9-8-20-19(22)26/h4-6,11,13,15H,7-10H2,1-3H3,(H,20,26)(H,21,23)/t13-,15+/m0/s1. The first-order chi connectivity index (χ1) is 13.3. The average Bonchev–Trinajstić information content (AvgIpc) is 3.09. The molecule has 9 heteroatoms. The molecule has 1 fully saturated rings. The second-order valence-electron chi connectivity index (χ2n) is 6.48. The Labute approximate surface area is 168 Å². The molecule has 4 amide bonds. The van der Waals surface area contributed by atoms with Gasteiger partial charge < -0.3 is 15.4 Å². The first-order valence-corrected chi connectivity index (χ1v) is 10.4. The van der Waals surface area contributed by atoms with Crippen LogP contribution in [0.5, 0.6) is 0 Å². The third-order valence-corrected chi connectivity index (χ3v) is 4.89. The molecule has 2 rings (SSSR count). The van der Waals surface area contributed by atoms with Crippen molar-refractivity contribution < 1.29 is 23.9 Å². The van der Waals surface area contributed by atoms with Crippen LogP contribution in [0.4, 0.5) is 4.79 Å². The van der Waals surface area contributed by atoms with Gasteiger partial charge in [0.1, 0.15) is 6.04 Å². The molecule has 0 spiro atoms. The number of carbonyl (C=O) groups is 4. The van der Waals surface area contributed by atoms with Crippen LogP contribution in [0.25, 0.3) is 0 Å². The molecule has 28 heavy (non-hydrogen) atoms. The number of hydrogen-bond donors (Lipinski definition) is 2. The number of rotatable bonds is 8. The molecule has 0 aliphatic carbocycles. The minimum absolute atomic E-state index is 0.236. The molecule has 0 saturated carbocycles. The monoisotopic (exact) mass is 407 g/mol. The van der Waals surface area contributed by atoms with Crippen molar-refractivity contribution in [2.75, 3.05) is 25.1 Å². The van der Waals surface area contributed by atoms with E-state index in [2.05, 4.69) is 10.6 Å². The fraction of sp³-hybridized carbons (Fsp3) is 0.474. The lowest BCUT2D eigenvalue weighted by Crippen LogP contribution is -2.46. The maximum atomic E-state index is 12.6. The lowest BCUT2D eigenvalue weighted by molar-refractivity contribution is -0.159. The third-order valence-electron chi connectivity index (χ3n) is 4.24. The van der Waals surface area contributed by atoms with Gasteiger partial charge in [-0.15, -0.1) is 0 Å². The van der Waals surface area contributed by atoms with Gasteiger partial charge in [0.15, 0.2) is 6.10 Å². The fourth-order valence-corrected chi connectivity index (χ4v) is 3.19. The summed E-state index contributed by atoms with van der Waals surface area (Å²) in [6, 6.07) is 5.64. The van der Waals surface area contributed by atoms with Crippen LogP contribution in [-0.2, 0) is 14.3 Å². The first kappa shape index (κ1) is 21.7. The smallest absolute Gasteiger partial charge is 0.329 e. The van der Waals surface area contributed by atoms with E-state index in [-0.39, 0.29) is 12.5 Å². The maximum absolute atomic E-state index is 12.6. The van der Waals surface area contributed by atoms with Gasteiger partial charge in [-0.25, -0.2) is 9.59 Å². The maximum Gasteiger partial charge on any atom is 0.329 e. The van der Waals surface area contributed by atoms with Crippen molar-refractivity contribution in [1.82, 2.24) is 15.5 Å². The summed E-state index contributed by atoms with van der Waals surface area (Å²) in [5, 5.41) is 5.21. The van der Waals surface area contributed by atoms with Crippen LogP contribution in [0.1, 0.15) is 29.3 Å². The predicted octanol–water partition coefficient (Wildman–Crippen LogP) is 1.33. The van der Waals surface area contributed by atoms with Crippen molar-refractivity contribution in [2.24, 2.45) is 0 Å². The summed E-state index contributed by atoms with van der Waals surface area (Å²) < 4.78 is 5.26. The highest BCUT2D eigenvalue weighted by Gasteiger charge is 2.33. The van der Waals surface area contributed by atoms with Gasteiger partial charge in [0.05, 0.1) is 0 Å². The molecule has 0 radical (unpaired) electrons. The van der Waals surface area contributed by atoms with Crippen LogP contribution in [0.15, 0.2) is 24.3 Å². The molecule has 1 saturated heterocycles. The topological polar surface area (TPSA) is 105 Å². The van der Waals surface area contributed by atoms with E-state index in [1.165, 1.54) is 18.7 Å². The van der Waals surface area contributed by atoms with Crippen LogP contribution < -0.4 is 10.6 Å². The van der Waals surface area contributed by atoms with Crippen LogP contribution in [0, 0.1) is 6.92 Å². The molecule has 0 aromatic heterocycles. The third kappa shape index (κ3) is 5.72. The Hall–Kier alpha value is -2.55. The van der Waals surface area contributed by atoms with Crippen molar-refractivity contribution in [3.8, 4) is 0 Å². The van der Waals surface area contributed by atoms with Gasteiger partial charge in [0.25, 0.3) is 11.8 Å². The number of nitrogens with one attached hydrogen (secondary N) is 2. The molecular formula is C19H25N3O5S. The lowest BCUT2D eigenvalue weighted by Gasteiger charge is -2.22. The Morgan fingerprint density at radius 1 is 1.36 bits per heavy atom. The van der Waals surface area contributed by atoms with Crippen molar-refractivity contribution in [3.05, 3.63) is 35.4 Å². The van der Waals surface area contributed by atoms with Crippen molar-refractivity contribution in [2.45, 2.75) is 32.4 Å². The van der Waals surface area contributed by atoms with Gasteiger partial charge in [0, 0.05) is 18.7 Å². The molecule has 1 aromatic carbocycles. The largest absolute Gasteiger partial charge is 0.451 e. The highest BCUT2D eigenvalue weighted by Crippen LogP contribution is 2.10. The summed E-state index contributed by atoms with van der Waals surface area (Å²) in [6.07, 6.45) is 1.13. The molecule has 2 atom stereocenters. The number of amides is 4. The molecule has 8 nitrogen and oxygen atoms in total. The van der Waals surface area contributed by atoms with Crippen molar-refractivity contribution in [3.63, 3.8) is 0 Å². The number of esters is 1. The van der Waals surface area contributed by atoms with Crippen LogP contribution in [-0.4, -0.2) is 66.0 Å². The zero-order valence-electron chi connectivity index (χ0n) is 16.2. The van der Waals surface area contributed by atoms with E-state index in [4.69, 9.17) is 4.74 Å². The molecule has 1 aliphatic heterocycles. The van der Waals surface area contributed by atoms with E-state index in [0.717, 1.165) is 10.5 Å². The number of imide groups is 1. The molecule has 152 valence electrons. The predicted molar refractivity (Wildman–Crippen MR) is 106 cm³/mol. The summed E-state index contributed by atoms with van der Waals surface area (Å²) >= 11 is 1.53. The molecule has 0 unspecified atom stereocenters. The molecular weight excluding hydrogens is 382 g/mol. The Morgan fingerprint density at radius 3 is 2.71 bits per heavy atom. The van der Waals surface area contributed by atoms with E-state index in [9.17, 15) is 19.2 Å². The van der Waals surface area contributed by atoms with Gasteiger partial charge in [-0.3, -0.25) is 14.5 Å². The van der Waals surface area contributed by atoms with E-state index >= 15 is 0 Å². The molecule has 1 aromatic rings. The minimum Gasteiger partial charge on any atom is -0.451 e. The number of nitrogens with zero attached hydrogens (tertiary/aromatic N) is 1. The first-order valence-electron chi connectivity index (χ1n) is 8.99. The summed E-state index contributed by atoms with van der Waals surface area (Å²) in [5.74, 6) is -1.04. The highest BCUT2D eigenvalue weighted by molar-refractivity contribution is 7.98. The van der Waals surface area contributed by atoms with E-state index < -0.39 is 30.1 Å². The van der Waals surface area contributed by atoms with Gasteiger partial charge in [0.2, 0.25) is 0 Å². The second-order valence-corrected chi connectivity index (χ2v) is 7.46. The van der Waals surface area contributed by atoms with Crippen molar-refractivity contribution in [1.29, 1.82) is 0 Å². The minimum atomic E-state index is -1.12. The van der Waals surface area contributed by atoms with Gasteiger partial charge >= 0.3 is 12.0 Å². The number of ether oxygens (including phenoxy) is 1. The number of aryl methyl sites for hydroxylation is 1. The number of carbonyl (C=O) groups excluding carboxylic acids is 4. The Morgan fingerprint density at radius 2 is 2.11 bits per heavy atom. The van der Waals surface area contributed by atoms with Crippen molar-refractivity contribution >= 4 is 35.6 Å². The zero-order chi connectivity index (χ0) is 20.7. The normalized spacial score (nSPS) is 15.5. The number of hydrogen-bond acceptors (Lipinski definition) is 6. The van der Waals surface area contributed by atoms with E-state index in [1.54, 1.807) is 18.2 Å².